The first-order valence-corrected chi connectivity index (χ1v) is 20.8. The lowest BCUT2D eigenvalue weighted by molar-refractivity contribution is 0.444. The number of nitrogens with zero attached hydrogens (tertiary/aromatic N) is 1. The molecule has 1 heterocycles. The lowest BCUT2D eigenvalue weighted by atomic mass is 9.82. The Morgan fingerprint density at radius 2 is 0.857 bits per heavy atom. The molecular formula is C54H43NS. The Labute approximate surface area is 334 Å². The van der Waals surface area contributed by atoms with Gasteiger partial charge < -0.3 is 4.90 Å². The van der Waals surface area contributed by atoms with Crippen LogP contribution in [0.5, 0.6) is 0 Å². The quantitative estimate of drug-likeness (QED) is 0.150. The third-order valence-corrected chi connectivity index (χ3v) is 12.9. The fraction of sp³-hybridized carbons (Fsp3) is 0.111. The van der Waals surface area contributed by atoms with E-state index in [1.165, 1.54) is 102 Å². The molecule has 1 aromatic heterocycles. The molecule has 0 aliphatic heterocycles. The summed E-state index contributed by atoms with van der Waals surface area (Å²) in [6.07, 6.45) is 6.54. The van der Waals surface area contributed by atoms with E-state index in [1.54, 1.807) is 0 Å². The molecule has 0 unspecified atom stereocenters. The van der Waals surface area contributed by atoms with Crippen molar-refractivity contribution in [2.45, 2.75) is 38.0 Å². The summed E-state index contributed by atoms with van der Waals surface area (Å²) in [5.74, 6) is 0.608. The van der Waals surface area contributed by atoms with Gasteiger partial charge in [0.2, 0.25) is 0 Å². The molecular weight excluding hydrogens is 695 g/mol. The Morgan fingerprint density at radius 1 is 0.375 bits per heavy atom. The average Bonchev–Trinajstić information content (AvgIpc) is 3.67. The minimum absolute atomic E-state index is 0.608. The summed E-state index contributed by atoms with van der Waals surface area (Å²) in [6, 6.07) is 71.5. The number of benzene rings is 8. The second kappa shape index (κ2) is 15.1. The fourth-order valence-corrected chi connectivity index (χ4v) is 9.98. The molecule has 0 spiro atoms. The normalized spacial score (nSPS) is 13.3. The van der Waals surface area contributed by atoms with Gasteiger partial charge in [-0.15, -0.1) is 11.3 Å². The van der Waals surface area contributed by atoms with Gasteiger partial charge >= 0.3 is 0 Å². The van der Waals surface area contributed by atoms with Gasteiger partial charge in [0.05, 0.1) is 0 Å². The van der Waals surface area contributed by atoms with Crippen LogP contribution in [-0.2, 0) is 0 Å². The Morgan fingerprint density at radius 3 is 1.45 bits per heavy atom. The maximum absolute atomic E-state index is 2.51. The molecule has 1 nitrogen and oxygen atoms in total. The zero-order chi connectivity index (χ0) is 37.3. The predicted octanol–water partition coefficient (Wildman–Crippen LogP) is 16.2. The number of anilines is 3. The van der Waals surface area contributed by atoms with Crippen molar-refractivity contribution in [2.24, 2.45) is 0 Å². The van der Waals surface area contributed by atoms with Gasteiger partial charge in [-0.25, -0.2) is 0 Å². The van der Waals surface area contributed by atoms with Crippen LogP contribution in [0.15, 0.2) is 194 Å². The molecule has 9 aromatic rings. The summed E-state index contributed by atoms with van der Waals surface area (Å²) in [5.41, 5.74) is 14.9. The zero-order valence-corrected chi connectivity index (χ0v) is 32.3. The largest absolute Gasteiger partial charge is 0.311 e. The lowest BCUT2D eigenvalue weighted by Crippen LogP contribution is -2.09. The highest BCUT2D eigenvalue weighted by Crippen LogP contribution is 2.44. The third kappa shape index (κ3) is 6.72. The van der Waals surface area contributed by atoms with Crippen molar-refractivity contribution in [2.75, 3.05) is 4.90 Å². The first-order valence-electron chi connectivity index (χ1n) is 20.0. The molecule has 1 fully saturated rings. The molecule has 1 aliphatic carbocycles. The van der Waals surface area contributed by atoms with E-state index < -0.39 is 0 Å². The van der Waals surface area contributed by atoms with Crippen molar-refractivity contribution in [3.05, 3.63) is 200 Å². The number of hydrogen-bond donors (Lipinski definition) is 0. The Kier molecular flexibility index (Phi) is 9.27. The van der Waals surface area contributed by atoms with Crippen LogP contribution in [0.2, 0.25) is 0 Å². The van der Waals surface area contributed by atoms with Gasteiger partial charge in [0.15, 0.2) is 0 Å². The van der Waals surface area contributed by atoms with Crippen molar-refractivity contribution in [3.63, 3.8) is 0 Å². The van der Waals surface area contributed by atoms with Gasteiger partial charge in [-0.1, -0.05) is 165 Å². The molecule has 0 saturated heterocycles. The van der Waals surface area contributed by atoms with E-state index in [-0.39, 0.29) is 0 Å². The summed E-state index contributed by atoms with van der Waals surface area (Å²) in [5, 5.41) is 2.70. The smallest absolute Gasteiger partial charge is 0.0462 e. The van der Waals surface area contributed by atoms with E-state index in [2.05, 4.69) is 199 Å². The molecule has 270 valence electrons. The van der Waals surface area contributed by atoms with E-state index in [4.69, 9.17) is 0 Å². The zero-order valence-electron chi connectivity index (χ0n) is 31.4. The highest BCUT2D eigenvalue weighted by atomic mass is 32.1. The van der Waals surface area contributed by atoms with Crippen LogP contribution in [-0.4, -0.2) is 0 Å². The second-order valence-corrected chi connectivity index (χ2v) is 16.2. The van der Waals surface area contributed by atoms with Crippen molar-refractivity contribution in [1.29, 1.82) is 0 Å². The summed E-state index contributed by atoms with van der Waals surface area (Å²) < 4.78 is 2.73. The maximum atomic E-state index is 2.51. The van der Waals surface area contributed by atoms with Crippen LogP contribution in [0, 0.1) is 0 Å². The highest BCUT2D eigenvalue weighted by molar-refractivity contribution is 7.26. The monoisotopic (exact) mass is 737 g/mol. The molecule has 0 bridgehead atoms. The minimum Gasteiger partial charge on any atom is -0.311 e. The summed E-state index contributed by atoms with van der Waals surface area (Å²) in [6.45, 7) is 0. The summed E-state index contributed by atoms with van der Waals surface area (Å²) in [7, 11) is 0. The molecule has 56 heavy (non-hydrogen) atoms. The fourth-order valence-electron chi connectivity index (χ4n) is 8.74. The van der Waals surface area contributed by atoms with E-state index in [0.29, 0.717) is 5.92 Å². The summed E-state index contributed by atoms with van der Waals surface area (Å²) >= 11 is 1.92. The molecule has 0 amide bonds. The third-order valence-electron chi connectivity index (χ3n) is 11.7. The van der Waals surface area contributed by atoms with Crippen LogP contribution in [0.4, 0.5) is 17.1 Å². The molecule has 2 heteroatoms. The minimum atomic E-state index is 0.608. The van der Waals surface area contributed by atoms with Crippen molar-refractivity contribution in [3.8, 4) is 44.5 Å². The predicted molar refractivity (Wildman–Crippen MR) is 242 cm³/mol. The Balaban J connectivity index is 1.05. The standard InChI is InChI=1S/C54H43NS/c1-4-13-38(14-5-1)41-23-29-47(30-24-41)55(48-31-25-42(26-32-48)39-15-6-2-7-16-39)49-33-27-43(28-34-49)45-35-44(40-17-8-3-9-18-40)36-46(37-45)50-20-12-21-52-51-19-10-11-22-53(51)56-54(50)52/h1-2,4-7,10-16,19-37,40H,3,8-9,17-18H2. The van der Waals surface area contributed by atoms with Crippen LogP contribution >= 0.6 is 11.3 Å². The van der Waals surface area contributed by atoms with E-state index in [9.17, 15) is 0 Å². The number of hydrogen-bond acceptors (Lipinski definition) is 2. The van der Waals surface area contributed by atoms with E-state index in [1.807, 2.05) is 11.3 Å². The SMILES string of the molecule is c1ccc(-c2ccc(N(c3ccc(-c4ccccc4)cc3)c3ccc(-c4cc(-c5cccc6c5sc5ccccc56)cc(C5CCCCC5)c4)cc3)cc2)cc1. The van der Waals surface area contributed by atoms with E-state index >= 15 is 0 Å². The molecule has 8 aromatic carbocycles. The van der Waals surface area contributed by atoms with Crippen molar-refractivity contribution >= 4 is 48.6 Å². The molecule has 1 saturated carbocycles. The molecule has 10 rings (SSSR count). The summed E-state index contributed by atoms with van der Waals surface area (Å²) in [4.78, 5) is 2.37. The Hall–Kier alpha value is -6.22. The van der Waals surface area contributed by atoms with Gasteiger partial charge in [0.1, 0.15) is 0 Å². The van der Waals surface area contributed by atoms with Crippen molar-refractivity contribution in [1.82, 2.24) is 0 Å². The molecule has 0 atom stereocenters. The first-order chi connectivity index (χ1) is 27.7. The molecule has 0 radical (unpaired) electrons. The van der Waals surface area contributed by atoms with Crippen LogP contribution < -0.4 is 4.90 Å². The second-order valence-electron chi connectivity index (χ2n) is 15.2. The Bertz CT molecular complexity index is 2660. The van der Waals surface area contributed by atoms with Crippen LogP contribution in [0.25, 0.3) is 64.7 Å². The van der Waals surface area contributed by atoms with E-state index in [0.717, 1.165) is 17.1 Å². The molecule has 0 N–H and O–H groups in total. The van der Waals surface area contributed by atoms with Gasteiger partial charge in [0.25, 0.3) is 0 Å². The topological polar surface area (TPSA) is 3.24 Å². The van der Waals surface area contributed by atoms with Gasteiger partial charge in [0, 0.05) is 37.2 Å². The number of fused-ring (bicyclic) bond motifs is 3. The van der Waals surface area contributed by atoms with Gasteiger partial charge in [-0.2, -0.15) is 0 Å². The van der Waals surface area contributed by atoms with Crippen LogP contribution in [0.1, 0.15) is 43.6 Å². The lowest BCUT2D eigenvalue weighted by Gasteiger charge is -2.26. The van der Waals surface area contributed by atoms with Gasteiger partial charge in [-0.3, -0.25) is 0 Å². The number of thiophene rings is 1. The molecule has 1 aliphatic rings. The first kappa shape index (κ1) is 34.3. The average molecular weight is 738 g/mol. The van der Waals surface area contributed by atoms with Gasteiger partial charge in [-0.05, 0) is 117 Å². The van der Waals surface area contributed by atoms with Crippen molar-refractivity contribution < 1.29 is 0 Å². The van der Waals surface area contributed by atoms with Crippen LogP contribution in [0.3, 0.4) is 0 Å². The maximum Gasteiger partial charge on any atom is 0.0462 e. The highest BCUT2D eigenvalue weighted by Gasteiger charge is 2.20. The number of rotatable bonds is 8.